The van der Waals surface area contributed by atoms with Crippen LogP contribution >= 0.6 is 11.8 Å². The van der Waals surface area contributed by atoms with Crippen LogP contribution in [-0.4, -0.2) is 40.6 Å². The smallest absolute Gasteiger partial charge is 0.271 e. The first kappa shape index (κ1) is 7.56. The molecular formula is C5H8N2O2S. The predicted octanol–water partition coefficient (Wildman–Crippen LogP) is -0.0223. The highest BCUT2D eigenvalue weighted by Crippen LogP contribution is 2.12. The average molecular weight is 160 g/mol. The summed E-state index contributed by atoms with van der Waals surface area (Å²) < 4.78 is 0. The maximum absolute atomic E-state index is 10.9. The molecule has 1 heterocycles. The highest BCUT2D eigenvalue weighted by Gasteiger charge is 2.22. The molecule has 5 heteroatoms. The van der Waals surface area contributed by atoms with Gasteiger partial charge in [-0.15, -0.1) is 11.8 Å². The van der Waals surface area contributed by atoms with Crippen molar-refractivity contribution in [1.29, 1.82) is 0 Å². The summed E-state index contributed by atoms with van der Waals surface area (Å²) in [5.41, 5.74) is 1.63. The van der Waals surface area contributed by atoms with Crippen molar-refractivity contribution in [2.24, 2.45) is 4.99 Å². The van der Waals surface area contributed by atoms with E-state index in [9.17, 15) is 4.79 Å². The second kappa shape index (κ2) is 3.03. The zero-order chi connectivity index (χ0) is 7.56. The first-order chi connectivity index (χ1) is 4.72. The lowest BCUT2D eigenvalue weighted by molar-refractivity contribution is -0.160. The normalized spacial score (nSPS) is 23.2. The molecule has 4 nitrogen and oxygen atoms in total. The molecule has 0 saturated carbocycles. The lowest BCUT2D eigenvalue weighted by Gasteiger charge is -2.10. The van der Waals surface area contributed by atoms with E-state index >= 15 is 0 Å². The van der Waals surface area contributed by atoms with Crippen LogP contribution in [0.25, 0.3) is 0 Å². The van der Waals surface area contributed by atoms with Crippen molar-refractivity contribution in [3.05, 3.63) is 0 Å². The summed E-state index contributed by atoms with van der Waals surface area (Å²) in [5, 5.41) is 9.26. The second-order valence-corrected chi connectivity index (χ2v) is 2.84. The predicted molar refractivity (Wildman–Crippen MR) is 39.3 cm³/mol. The monoisotopic (exact) mass is 160 g/mol. The highest BCUT2D eigenvalue weighted by molar-refractivity contribution is 8.12. The summed E-state index contributed by atoms with van der Waals surface area (Å²) in [6.45, 7) is 0. The maximum Gasteiger partial charge on any atom is 0.271 e. The quantitative estimate of drug-likeness (QED) is 0.433. The molecule has 0 radical (unpaired) electrons. The van der Waals surface area contributed by atoms with Crippen LogP contribution < -0.4 is 0 Å². The molecule has 1 N–H and O–H groups in total. The molecule has 0 spiro atoms. The Morgan fingerprint density at radius 3 is 3.10 bits per heavy atom. The van der Waals surface area contributed by atoms with Gasteiger partial charge in [0.25, 0.3) is 5.91 Å². The average Bonchev–Trinajstić information content (AvgIpc) is 2.36. The Morgan fingerprint density at radius 2 is 2.70 bits per heavy atom. The molecule has 1 aliphatic heterocycles. The van der Waals surface area contributed by atoms with Gasteiger partial charge in [-0.05, 0) is 0 Å². The first-order valence-electron chi connectivity index (χ1n) is 2.81. The molecule has 1 aliphatic rings. The van der Waals surface area contributed by atoms with Crippen molar-refractivity contribution < 1.29 is 10.0 Å². The van der Waals surface area contributed by atoms with Crippen LogP contribution in [0.1, 0.15) is 0 Å². The number of carbonyl (C=O) groups is 1. The molecule has 1 unspecified atom stereocenters. The van der Waals surface area contributed by atoms with Crippen LogP contribution in [0.2, 0.25) is 0 Å². The van der Waals surface area contributed by atoms with E-state index in [1.54, 1.807) is 5.55 Å². The number of thioether (sulfide) groups is 1. The standard InChI is InChI=1S/C5H8N2O2S/c1-7(9)5(8)4-2-10-3-6-4/h3-4,9H,2H2,1H3. The summed E-state index contributed by atoms with van der Waals surface area (Å²) in [5.74, 6) is 0.297. The van der Waals surface area contributed by atoms with Crippen LogP contribution in [0.4, 0.5) is 0 Å². The summed E-state index contributed by atoms with van der Waals surface area (Å²) in [4.78, 5) is 14.7. The fourth-order valence-corrected chi connectivity index (χ4v) is 1.37. The third kappa shape index (κ3) is 1.48. The SMILES string of the molecule is CN(O)C(=O)C1CSC=N1. The van der Waals surface area contributed by atoms with E-state index in [0.717, 1.165) is 0 Å². The molecule has 0 aromatic carbocycles. The molecule has 56 valence electrons. The second-order valence-electron chi connectivity index (χ2n) is 1.97. The number of hydroxylamine groups is 2. The van der Waals surface area contributed by atoms with Gasteiger partial charge in [0.15, 0.2) is 0 Å². The largest absolute Gasteiger partial charge is 0.286 e. The highest BCUT2D eigenvalue weighted by atomic mass is 32.2. The van der Waals surface area contributed by atoms with Gasteiger partial charge in [-0.3, -0.25) is 15.0 Å². The van der Waals surface area contributed by atoms with Crippen molar-refractivity contribution in [2.45, 2.75) is 6.04 Å². The molecule has 0 fully saturated rings. The van der Waals surface area contributed by atoms with E-state index in [2.05, 4.69) is 4.99 Å². The Bertz CT molecular complexity index is 169. The molecule has 1 rings (SSSR count). The number of amides is 1. The van der Waals surface area contributed by atoms with Crippen LogP contribution in [0.3, 0.4) is 0 Å². The fraction of sp³-hybridized carbons (Fsp3) is 0.600. The lowest BCUT2D eigenvalue weighted by Crippen LogP contribution is -2.33. The van der Waals surface area contributed by atoms with Crippen LogP contribution in [0.15, 0.2) is 4.99 Å². The van der Waals surface area contributed by atoms with Gasteiger partial charge >= 0.3 is 0 Å². The minimum atomic E-state index is -0.375. The summed E-state index contributed by atoms with van der Waals surface area (Å²) >= 11 is 1.48. The summed E-state index contributed by atoms with van der Waals surface area (Å²) in [6, 6.07) is -0.375. The number of carbonyl (C=O) groups excluding carboxylic acids is 1. The van der Waals surface area contributed by atoms with Crippen LogP contribution in [-0.2, 0) is 4.79 Å². The third-order valence-electron chi connectivity index (χ3n) is 1.17. The zero-order valence-corrected chi connectivity index (χ0v) is 6.34. The number of hydrogen-bond acceptors (Lipinski definition) is 4. The number of hydrogen-bond donors (Lipinski definition) is 1. The van der Waals surface area contributed by atoms with E-state index in [-0.39, 0.29) is 11.9 Å². The molecule has 0 aromatic heterocycles. The molecule has 1 amide bonds. The zero-order valence-electron chi connectivity index (χ0n) is 5.52. The Hall–Kier alpha value is -0.550. The topological polar surface area (TPSA) is 52.9 Å². The van der Waals surface area contributed by atoms with Crippen molar-refractivity contribution in [1.82, 2.24) is 5.06 Å². The van der Waals surface area contributed by atoms with Gasteiger partial charge in [0.2, 0.25) is 0 Å². The van der Waals surface area contributed by atoms with E-state index in [4.69, 9.17) is 5.21 Å². The third-order valence-corrected chi connectivity index (χ3v) is 1.95. The van der Waals surface area contributed by atoms with E-state index in [1.807, 2.05) is 0 Å². The van der Waals surface area contributed by atoms with Gasteiger partial charge < -0.3 is 0 Å². The number of rotatable bonds is 1. The van der Waals surface area contributed by atoms with Gasteiger partial charge in [-0.1, -0.05) is 0 Å². The first-order valence-corrected chi connectivity index (χ1v) is 3.86. The van der Waals surface area contributed by atoms with Gasteiger partial charge in [0.05, 0.1) is 5.55 Å². The number of aliphatic imine (C=N–C) groups is 1. The van der Waals surface area contributed by atoms with Crippen molar-refractivity contribution in [3.8, 4) is 0 Å². The Balaban J connectivity index is 2.49. The minimum Gasteiger partial charge on any atom is -0.286 e. The molecule has 0 aliphatic carbocycles. The van der Waals surface area contributed by atoms with Gasteiger partial charge in [0.1, 0.15) is 6.04 Å². The van der Waals surface area contributed by atoms with Crippen molar-refractivity contribution in [2.75, 3.05) is 12.8 Å². The molecule has 0 aromatic rings. The van der Waals surface area contributed by atoms with Gasteiger partial charge in [0, 0.05) is 12.8 Å². The van der Waals surface area contributed by atoms with Gasteiger partial charge in [-0.25, -0.2) is 5.06 Å². The van der Waals surface area contributed by atoms with Crippen LogP contribution in [0.5, 0.6) is 0 Å². The number of nitrogens with zero attached hydrogens (tertiary/aromatic N) is 2. The maximum atomic E-state index is 10.9. The van der Waals surface area contributed by atoms with E-state index in [0.29, 0.717) is 10.8 Å². The molecular weight excluding hydrogens is 152 g/mol. The van der Waals surface area contributed by atoms with Gasteiger partial charge in [-0.2, -0.15) is 0 Å². The molecule has 1 atom stereocenters. The lowest BCUT2D eigenvalue weighted by atomic mass is 10.3. The summed E-state index contributed by atoms with van der Waals surface area (Å²) in [6.07, 6.45) is 0. The Kier molecular flexibility index (Phi) is 2.29. The number of likely N-dealkylation sites (N-methyl/N-ethyl adjacent to an activating group) is 1. The molecule has 0 bridgehead atoms. The van der Waals surface area contributed by atoms with Crippen molar-refractivity contribution in [3.63, 3.8) is 0 Å². The molecule has 0 saturated heterocycles. The molecule has 10 heavy (non-hydrogen) atoms. The Morgan fingerprint density at radius 1 is 2.00 bits per heavy atom. The fourth-order valence-electron chi connectivity index (χ4n) is 0.644. The minimum absolute atomic E-state index is 0.346. The van der Waals surface area contributed by atoms with E-state index < -0.39 is 0 Å². The van der Waals surface area contributed by atoms with Crippen LogP contribution in [0, 0.1) is 0 Å². The Labute approximate surface area is 62.9 Å². The van der Waals surface area contributed by atoms with E-state index in [1.165, 1.54) is 18.8 Å². The van der Waals surface area contributed by atoms with Crippen molar-refractivity contribution >= 4 is 23.2 Å². The summed E-state index contributed by atoms with van der Waals surface area (Å²) in [7, 11) is 1.31.